The van der Waals surface area contributed by atoms with Crippen molar-refractivity contribution in [2.75, 3.05) is 0 Å². The lowest BCUT2D eigenvalue weighted by molar-refractivity contribution is -0.0914. The van der Waals surface area contributed by atoms with Gasteiger partial charge in [0.2, 0.25) is 0 Å². The molecule has 5 heteroatoms. The zero-order chi connectivity index (χ0) is 8.91. The first kappa shape index (κ1) is 9.87. The number of rotatable bonds is 2. The van der Waals surface area contributed by atoms with Gasteiger partial charge < -0.3 is 5.41 Å². The van der Waals surface area contributed by atoms with Crippen LogP contribution in [0.4, 0.5) is 13.2 Å². The summed E-state index contributed by atoms with van der Waals surface area (Å²) in [6, 6.07) is 0. The minimum absolute atomic E-state index is 0.672. The predicted octanol–water partition coefficient (Wildman–Crippen LogP) is 2.17. The zero-order valence-electron chi connectivity index (χ0n) is 5.81. The number of nitrogens with one attached hydrogen (secondary N) is 1. The second-order valence-electron chi connectivity index (χ2n) is 1.77. The van der Waals surface area contributed by atoms with E-state index >= 15 is 0 Å². The van der Waals surface area contributed by atoms with E-state index in [4.69, 9.17) is 5.41 Å². The minimum atomic E-state index is -4.32. The summed E-state index contributed by atoms with van der Waals surface area (Å²) in [5.74, 6) is 0. The Balaban J connectivity index is 4.23. The molecule has 62 valence electrons. The minimum Gasteiger partial charge on any atom is -0.307 e. The first-order valence-corrected chi connectivity index (χ1v) is 2.74. The average molecular weight is 164 g/mol. The number of alkyl halides is 3. The van der Waals surface area contributed by atoms with Crippen LogP contribution in [0.2, 0.25) is 0 Å². The SMILES string of the molecule is C/C(=C\N=C/C=N)C(F)(F)F. The van der Waals surface area contributed by atoms with Crippen LogP contribution in [0.15, 0.2) is 16.8 Å². The Bertz CT molecular complexity index is 190. The molecule has 0 heterocycles. The third-order valence-electron chi connectivity index (χ3n) is 0.876. The van der Waals surface area contributed by atoms with Crippen molar-refractivity contribution in [1.82, 2.24) is 0 Å². The number of hydrogen-bond donors (Lipinski definition) is 1. The molecule has 0 atom stereocenters. The Hall–Kier alpha value is -1.13. The van der Waals surface area contributed by atoms with Crippen LogP contribution >= 0.6 is 0 Å². The largest absolute Gasteiger partial charge is 0.413 e. The average Bonchev–Trinajstić information content (AvgIpc) is 1.86. The highest BCUT2D eigenvalue weighted by Crippen LogP contribution is 2.24. The van der Waals surface area contributed by atoms with E-state index in [2.05, 4.69) is 4.99 Å². The highest BCUT2D eigenvalue weighted by atomic mass is 19.4. The van der Waals surface area contributed by atoms with Gasteiger partial charge in [-0.25, -0.2) is 0 Å². The molecule has 0 fully saturated rings. The van der Waals surface area contributed by atoms with Crippen molar-refractivity contribution < 1.29 is 13.2 Å². The van der Waals surface area contributed by atoms with Gasteiger partial charge >= 0.3 is 6.18 Å². The Kier molecular flexibility index (Phi) is 3.50. The van der Waals surface area contributed by atoms with Crippen LogP contribution in [-0.2, 0) is 0 Å². The maximum atomic E-state index is 11.7. The summed E-state index contributed by atoms with van der Waals surface area (Å²) < 4.78 is 35.0. The lowest BCUT2D eigenvalue weighted by Crippen LogP contribution is -2.08. The molecule has 11 heavy (non-hydrogen) atoms. The van der Waals surface area contributed by atoms with Crippen LogP contribution in [0, 0.1) is 5.41 Å². The summed E-state index contributed by atoms with van der Waals surface area (Å²) >= 11 is 0. The highest BCUT2D eigenvalue weighted by molar-refractivity contribution is 6.14. The molecular weight excluding hydrogens is 157 g/mol. The standard InChI is InChI=1S/C6H7F3N2/c1-5(6(7,8)9)4-11-3-2-10/h2-4,10H,1H3/b5-4+,10-2?,11-3-. The molecule has 0 aliphatic rings. The van der Waals surface area contributed by atoms with Crippen LogP contribution in [0.1, 0.15) is 6.92 Å². The monoisotopic (exact) mass is 164 g/mol. The number of hydrogen-bond acceptors (Lipinski definition) is 2. The first-order valence-electron chi connectivity index (χ1n) is 2.74. The van der Waals surface area contributed by atoms with Gasteiger partial charge in [-0.3, -0.25) is 4.99 Å². The second-order valence-corrected chi connectivity index (χ2v) is 1.77. The van der Waals surface area contributed by atoms with Crippen molar-refractivity contribution in [3.8, 4) is 0 Å². The van der Waals surface area contributed by atoms with Gasteiger partial charge in [-0.05, 0) is 6.92 Å². The molecule has 0 amide bonds. The molecule has 0 unspecified atom stereocenters. The summed E-state index contributed by atoms with van der Waals surface area (Å²) in [4.78, 5) is 3.21. The van der Waals surface area contributed by atoms with Gasteiger partial charge in [0.1, 0.15) is 0 Å². The van der Waals surface area contributed by atoms with Crippen molar-refractivity contribution in [2.24, 2.45) is 4.99 Å². The third kappa shape index (κ3) is 4.30. The summed E-state index contributed by atoms with van der Waals surface area (Å²) in [5.41, 5.74) is -0.782. The van der Waals surface area contributed by atoms with E-state index in [1.807, 2.05) is 0 Å². The van der Waals surface area contributed by atoms with Crippen LogP contribution in [0.25, 0.3) is 0 Å². The van der Waals surface area contributed by atoms with E-state index < -0.39 is 11.7 Å². The lowest BCUT2D eigenvalue weighted by atomic mass is 10.3. The molecule has 0 bridgehead atoms. The van der Waals surface area contributed by atoms with Crippen LogP contribution in [-0.4, -0.2) is 18.6 Å². The van der Waals surface area contributed by atoms with Gasteiger partial charge in [-0.15, -0.1) is 0 Å². The van der Waals surface area contributed by atoms with Crippen molar-refractivity contribution in [2.45, 2.75) is 13.1 Å². The van der Waals surface area contributed by atoms with E-state index in [0.717, 1.165) is 19.4 Å². The molecule has 0 aromatic heterocycles. The van der Waals surface area contributed by atoms with Crippen LogP contribution in [0.3, 0.4) is 0 Å². The quantitative estimate of drug-likeness (QED) is 0.607. The van der Waals surface area contributed by atoms with Gasteiger partial charge in [0, 0.05) is 24.2 Å². The molecule has 1 N–H and O–H groups in total. The van der Waals surface area contributed by atoms with Crippen LogP contribution in [0.5, 0.6) is 0 Å². The topological polar surface area (TPSA) is 36.2 Å². The molecule has 0 spiro atoms. The fraction of sp³-hybridized carbons (Fsp3) is 0.333. The number of halogens is 3. The molecule has 0 aromatic rings. The summed E-state index contributed by atoms with van der Waals surface area (Å²) in [5, 5.41) is 6.42. The Morgan fingerprint density at radius 2 is 2.00 bits per heavy atom. The summed E-state index contributed by atoms with van der Waals surface area (Å²) in [6.45, 7) is 0.918. The summed E-state index contributed by atoms with van der Waals surface area (Å²) in [7, 11) is 0. The molecule has 0 saturated carbocycles. The van der Waals surface area contributed by atoms with E-state index in [1.165, 1.54) is 0 Å². The van der Waals surface area contributed by atoms with Crippen molar-refractivity contribution in [3.05, 3.63) is 11.8 Å². The van der Waals surface area contributed by atoms with E-state index in [9.17, 15) is 13.2 Å². The molecule has 0 saturated heterocycles. The highest BCUT2D eigenvalue weighted by Gasteiger charge is 2.29. The summed E-state index contributed by atoms with van der Waals surface area (Å²) in [6.07, 6.45) is -1.88. The van der Waals surface area contributed by atoms with Crippen LogP contribution < -0.4 is 0 Å². The predicted molar refractivity (Wildman–Crippen MR) is 37.1 cm³/mol. The molecular formula is C6H7F3N2. The maximum Gasteiger partial charge on any atom is 0.413 e. The number of aliphatic imine (C=N–C) groups is 1. The molecule has 0 aliphatic heterocycles. The number of nitrogens with zero attached hydrogens (tertiary/aromatic N) is 1. The normalized spacial score (nSPS) is 14.0. The second kappa shape index (κ2) is 3.90. The molecule has 0 aromatic carbocycles. The molecule has 0 radical (unpaired) electrons. The Labute approximate surface area is 62.0 Å². The van der Waals surface area contributed by atoms with Gasteiger partial charge in [0.25, 0.3) is 0 Å². The molecule has 0 rings (SSSR count). The van der Waals surface area contributed by atoms with E-state index in [-0.39, 0.29) is 0 Å². The lowest BCUT2D eigenvalue weighted by Gasteiger charge is -2.03. The fourth-order valence-electron chi connectivity index (χ4n) is 0.271. The first-order chi connectivity index (χ1) is 4.98. The Morgan fingerprint density at radius 1 is 1.45 bits per heavy atom. The van der Waals surface area contributed by atoms with Crippen molar-refractivity contribution in [3.63, 3.8) is 0 Å². The van der Waals surface area contributed by atoms with Gasteiger partial charge in [-0.1, -0.05) is 0 Å². The molecule has 0 aliphatic carbocycles. The maximum absolute atomic E-state index is 11.7. The van der Waals surface area contributed by atoms with Gasteiger partial charge in [0.05, 0.1) is 0 Å². The Morgan fingerprint density at radius 3 is 2.36 bits per heavy atom. The zero-order valence-corrected chi connectivity index (χ0v) is 5.81. The van der Waals surface area contributed by atoms with Crippen molar-refractivity contribution >= 4 is 12.4 Å². The third-order valence-corrected chi connectivity index (χ3v) is 0.876. The van der Waals surface area contributed by atoms with E-state index in [1.54, 1.807) is 0 Å². The van der Waals surface area contributed by atoms with Gasteiger partial charge in [-0.2, -0.15) is 13.2 Å². The fourth-order valence-corrected chi connectivity index (χ4v) is 0.271. The van der Waals surface area contributed by atoms with Crippen molar-refractivity contribution in [1.29, 1.82) is 5.41 Å². The smallest absolute Gasteiger partial charge is 0.307 e. The van der Waals surface area contributed by atoms with Gasteiger partial charge in [0.15, 0.2) is 0 Å². The van der Waals surface area contributed by atoms with E-state index in [0.29, 0.717) is 6.20 Å². The molecule has 2 nitrogen and oxygen atoms in total. The number of allylic oxidation sites excluding steroid dienone is 1.